The molecular formula is C24H40O4. The maximum atomic E-state index is 12.3. The lowest BCUT2D eigenvalue weighted by Gasteiger charge is -2.34. The second-order valence-corrected chi connectivity index (χ2v) is 8.27. The first kappa shape index (κ1) is 24.6. The summed E-state index contributed by atoms with van der Waals surface area (Å²) in [5.74, 6) is -0.0889. The molecule has 2 unspecified atom stereocenters. The smallest absolute Gasteiger partial charge is 0.307 e. The first-order valence-corrected chi connectivity index (χ1v) is 11.2. The van der Waals surface area contributed by atoms with Gasteiger partial charge in [-0.25, -0.2) is 0 Å². The van der Waals surface area contributed by atoms with Crippen LogP contribution in [0, 0.1) is 17.8 Å². The molecule has 2 N–H and O–H groups in total. The fourth-order valence-electron chi connectivity index (χ4n) is 4.49. The highest BCUT2D eigenvalue weighted by molar-refractivity contribution is 5.83. The van der Waals surface area contributed by atoms with Crippen molar-refractivity contribution >= 4 is 11.8 Å². The standard InChI is InChI=1S/C24H40O4/c1-4-7-11-20(6-3)24(28,17-5-2)18-16-19-14-15-22(25)21(19)12-9-8-10-13-23(26)27/h8,10,16,18-21,28H,4-7,9,11-15,17H2,1-3H3,(H,26,27)/b10-8-,18-16?/t19-,20?,21-,24?/m0/s1. The first-order valence-electron chi connectivity index (χ1n) is 11.2. The van der Waals surface area contributed by atoms with Crippen molar-refractivity contribution in [3.05, 3.63) is 24.3 Å². The van der Waals surface area contributed by atoms with Crippen LogP contribution in [0.2, 0.25) is 0 Å². The summed E-state index contributed by atoms with van der Waals surface area (Å²) in [6.45, 7) is 6.44. The molecule has 0 aromatic carbocycles. The van der Waals surface area contributed by atoms with Gasteiger partial charge < -0.3 is 10.2 Å². The van der Waals surface area contributed by atoms with Gasteiger partial charge in [0.05, 0.1) is 12.0 Å². The van der Waals surface area contributed by atoms with Crippen LogP contribution in [0.25, 0.3) is 0 Å². The second-order valence-electron chi connectivity index (χ2n) is 8.27. The highest BCUT2D eigenvalue weighted by Gasteiger charge is 2.35. The van der Waals surface area contributed by atoms with E-state index in [0.717, 1.165) is 57.8 Å². The zero-order valence-electron chi connectivity index (χ0n) is 18.0. The molecule has 0 radical (unpaired) electrons. The van der Waals surface area contributed by atoms with E-state index in [1.807, 2.05) is 12.2 Å². The molecule has 1 aliphatic carbocycles. The number of aliphatic hydroxyl groups is 1. The molecule has 0 aromatic rings. The number of unbranched alkanes of at least 4 members (excludes halogenated alkanes) is 1. The summed E-state index contributed by atoms with van der Waals surface area (Å²) in [7, 11) is 0. The summed E-state index contributed by atoms with van der Waals surface area (Å²) in [5.41, 5.74) is -0.782. The Balaban J connectivity index is 2.78. The number of carboxylic acids is 1. The molecule has 4 heteroatoms. The molecule has 0 spiro atoms. The number of aliphatic carboxylic acids is 1. The lowest BCUT2D eigenvalue weighted by atomic mass is 9.77. The summed E-state index contributed by atoms with van der Waals surface area (Å²) in [6.07, 6.45) is 16.6. The number of carbonyl (C=O) groups excluding carboxylic acids is 1. The number of carbonyl (C=O) groups is 2. The van der Waals surface area contributed by atoms with Gasteiger partial charge in [0.2, 0.25) is 0 Å². The largest absolute Gasteiger partial charge is 0.481 e. The molecular weight excluding hydrogens is 352 g/mol. The summed E-state index contributed by atoms with van der Waals surface area (Å²) in [6, 6.07) is 0. The number of rotatable bonds is 14. The first-order chi connectivity index (χ1) is 13.4. The maximum absolute atomic E-state index is 12.3. The van der Waals surface area contributed by atoms with Crippen LogP contribution in [0.5, 0.6) is 0 Å². The molecule has 0 bridgehead atoms. The minimum absolute atomic E-state index is 0.00711. The molecule has 4 nitrogen and oxygen atoms in total. The predicted molar refractivity (Wildman–Crippen MR) is 114 cm³/mol. The lowest BCUT2D eigenvalue weighted by molar-refractivity contribution is -0.136. The van der Waals surface area contributed by atoms with Crippen LogP contribution in [0.4, 0.5) is 0 Å². The maximum Gasteiger partial charge on any atom is 0.307 e. The van der Waals surface area contributed by atoms with Gasteiger partial charge in [-0.05, 0) is 43.9 Å². The zero-order chi connectivity index (χ0) is 21.0. The minimum Gasteiger partial charge on any atom is -0.481 e. The molecule has 160 valence electrons. The van der Waals surface area contributed by atoms with E-state index in [-0.39, 0.29) is 24.2 Å². The van der Waals surface area contributed by atoms with E-state index in [0.29, 0.717) is 12.2 Å². The van der Waals surface area contributed by atoms with Crippen LogP contribution >= 0.6 is 0 Å². The number of Topliss-reactive ketones (excluding diaryl/α,β-unsaturated/α-hetero) is 1. The number of ketones is 1. The highest BCUT2D eigenvalue weighted by atomic mass is 16.4. The average molecular weight is 393 g/mol. The molecule has 1 saturated carbocycles. The van der Waals surface area contributed by atoms with Gasteiger partial charge in [0, 0.05) is 12.3 Å². The van der Waals surface area contributed by atoms with E-state index >= 15 is 0 Å². The van der Waals surface area contributed by atoms with Crippen molar-refractivity contribution in [2.45, 2.75) is 97.0 Å². The highest BCUT2D eigenvalue weighted by Crippen LogP contribution is 2.36. The van der Waals surface area contributed by atoms with Crippen molar-refractivity contribution < 1.29 is 19.8 Å². The number of carboxylic acid groups (broad SMARTS) is 1. The molecule has 1 rings (SSSR count). The Morgan fingerprint density at radius 1 is 1.25 bits per heavy atom. The predicted octanol–water partition coefficient (Wildman–Crippen LogP) is 5.70. The van der Waals surface area contributed by atoms with Gasteiger partial charge in [-0.2, -0.15) is 0 Å². The Kier molecular flexibility index (Phi) is 11.4. The average Bonchev–Trinajstić information content (AvgIpc) is 3.00. The van der Waals surface area contributed by atoms with Crippen LogP contribution in [-0.4, -0.2) is 27.6 Å². The summed E-state index contributed by atoms with van der Waals surface area (Å²) in [4.78, 5) is 22.9. The molecule has 1 aliphatic rings. The Morgan fingerprint density at radius 3 is 2.61 bits per heavy atom. The Labute approximate surface area is 171 Å². The van der Waals surface area contributed by atoms with E-state index in [1.165, 1.54) is 0 Å². The molecule has 0 aliphatic heterocycles. The number of hydrogen-bond acceptors (Lipinski definition) is 3. The van der Waals surface area contributed by atoms with Gasteiger partial charge in [0.1, 0.15) is 5.78 Å². The molecule has 28 heavy (non-hydrogen) atoms. The van der Waals surface area contributed by atoms with E-state index < -0.39 is 11.6 Å². The van der Waals surface area contributed by atoms with Crippen LogP contribution in [0.1, 0.15) is 91.4 Å². The Bertz CT molecular complexity index is 537. The third-order valence-electron chi connectivity index (χ3n) is 6.15. The van der Waals surface area contributed by atoms with E-state index in [1.54, 1.807) is 6.08 Å². The van der Waals surface area contributed by atoms with Crippen LogP contribution in [0.15, 0.2) is 24.3 Å². The fourth-order valence-corrected chi connectivity index (χ4v) is 4.49. The Morgan fingerprint density at radius 2 is 2.00 bits per heavy atom. The van der Waals surface area contributed by atoms with Crippen molar-refractivity contribution in [3.8, 4) is 0 Å². The lowest BCUT2D eigenvalue weighted by Crippen LogP contribution is -2.36. The van der Waals surface area contributed by atoms with Gasteiger partial charge in [-0.15, -0.1) is 0 Å². The summed E-state index contributed by atoms with van der Waals surface area (Å²) >= 11 is 0. The van der Waals surface area contributed by atoms with Crippen LogP contribution in [-0.2, 0) is 9.59 Å². The molecule has 4 atom stereocenters. The molecule has 0 aromatic heterocycles. The van der Waals surface area contributed by atoms with E-state index in [9.17, 15) is 14.7 Å². The van der Waals surface area contributed by atoms with E-state index in [2.05, 4.69) is 26.8 Å². The van der Waals surface area contributed by atoms with Gasteiger partial charge in [0.25, 0.3) is 0 Å². The summed E-state index contributed by atoms with van der Waals surface area (Å²) in [5, 5.41) is 20.0. The third kappa shape index (κ3) is 7.90. The zero-order valence-corrected chi connectivity index (χ0v) is 18.0. The Hall–Kier alpha value is -1.42. The molecule has 1 fully saturated rings. The van der Waals surface area contributed by atoms with Crippen LogP contribution < -0.4 is 0 Å². The quantitative estimate of drug-likeness (QED) is 0.372. The topological polar surface area (TPSA) is 74.6 Å². The number of hydrogen-bond donors (Lipinski definition) is 2. The van der Waals surface area contributed by atoms with Gasteiger partial charge in [-0.3, -0.25) is 9.59 Å². The van der Waals surface area contributed by atoms with Gasteiger partial charge in [0.15, 0.2) is 0 Å². The SMILES string of the molecule is CCCCC(CC)C(O)(C=C[C@@H]1CCC(=O)[C@H]1CC/C=C\CC(=O)O)CCC. The summed E-state index contributed by atoms with van der Waals surface area (Å²) < 4.78 is 0. The molecule has 0 heterocycles. The van der Waals surface area contributed by atoms with Crippen LogP contribution in [0.3, 0.4) is 0 Å². The molecule has 0 amide bonds. The monoisotopic (exact) mass is 392 g/mol. The van der Waals surface area contributed by atoms with Crippen molar-refractivity contribution in [1.29, 1.82) is 0 Å². The van der Waals surface area contributed by atoms with Crippen molar-refractivity contribution in [2.24, 2.45) is 17.8 Å². The van der Waals surface area contributed by atoms with Gasteiger partial charge in [-0.1, -0.05) is 70.8 Å². The number of allylic oxidation sites excluding steroid dienone is 2. The normalized spacial score (nSPS) is 23.5. The third-order valence-corrected chi connectivity index (χ3v) is 6.15. The minimum atomic E-state index is -0.835. The van der Waals surface area contributed by atoms with Crippen molar-refractivity contribution in [3.63, 3.8) is 0 Å². The van der Waals surface area contributed by atoms with Gasteiger partial charge >= 0.3 is 5.97 Å². The van der Waals surface area contributed by atoms with Crippen molar-refractivity contribution in [1.82, 2.24) is 0 Å². The second kappa shape index (κ2) is 12.9. The van der Waals surface area contributed by atoms with E-state index in [4.69, 9.17) is 5.11 Å². The molecule has 0 saturated heterocycles. The fraction of sp³-hybridized carbons (Fsp3) is 0.750. The van der Waals surface area contributed by atoms with Crippen molar-refractivity contribution in [2.75, 3.05) is 0 Å².